The third-order valence-corrected chi connectivity index (χ3v) is 7.77. The fraction of sp³-hybridized carbons (Fsp3) is 0.579. The van der Waals surface area contributed by atoms with Crippen LogP contribution < -0.4 is 0 Å². The van der Waals surface area contributed by atoms with Crippen LogP contribution in [-0.4, -0.2) is 11.0 Å². The van der Waals surface area contributed by atoms with Crippen molar-refractivity contribution in [3.8, 4) is 10.6 Å². The van der Waals surface area contributed by atoms with Crippen LogP contribution in [0.1, 0.15) is 44.2 Å². The van der Waals surface area contributed by atoms with Gasteiger partial charge in [0.15, 0.2) is 0 Å². The summed E-state index contributed by atoms with van der Waals surface area (Å²) >= 11 is 3.30. The lowest BCUT2D eigenvalue weighted by Gasteiger charge is -2.55. The summed E-state index contributed by atoms with van der Waals surface area (Å²) in [6, 6.07) is 2.08. The van der Waals surface area contributed by atoms with Crippen molar-refractivity contribution in [2.24, 2.45) is 23.2 Å². The second-order valence-corrected chi connectivity index (χ2v) is 9.57. The molecule has 0 amide bonds. The van der Waals surface area contributed by atoms with Crippen LogP contribution in [-0.2, 0) is 16.1 Å². The van der Waals surface area contributed by atoms with Gasteiger partial charge in [0, 0.05) is 16.3 Å². The van der Waals surface area contributed by atoms with Crippen LogP contribution in [0.25, 0.3) is 10.6 Å². The maximum atomic E-state index is 12.9. The highest BCUT2D eigenvalue weighted by Gasteiger charge is 2.55. The molecule has 6 rings (SSSR count). The normalized spacial score (nSPS) is 33.8. The number of hydrogen-bond donors (Lipinski definition) is 0. The minimum atomic E-state index is -0.166. The van der Waals surface area contributed by atoms with E-state index < -0.39 is 0 Å². The maximum absolute atomic E-state index is 12.9. The quantitative estimate of drug-likeness (QED) is 0.710. The molecular weight excluding hydrogens is 338 g/mol. The van der Waals surface area contributed by atoms with Crippen LogP contribution >= 0.6 is 22.7 Å². The first-order valence-corrected chi connectivity index (χ1v) is 10.7. The highest BCUT2D eigenvalue weighted by molar-refractivity contribution is 7.14. The second kappa shape index (κ2) is 5.67. The Labute approximate surface area is 150 Å². The van der Waals surface area contributed by atoms with Gasteiger partial charge in [-0.1, -0.05) is 0 Å². The maximum Gasteiger partial charge on any atom is 0.312 e. The summed E-state index contributed by atoms with van der Waals surface area (Å²) in [5, 5.41) is 7.19. The van der Waals surface area contributed by atoms with Gasteiger partial charge in [-0.2, -0.15) is 11.3 Å². The number of thiazole rings is 1. The molecule has 4 aliphatic rings. The molecule has 2 heterocycles. The van der Waals surface area contributed by atoms with Gasteiger partial charge in [0.2, 0.25) is 0 Å². The standard InChI is InChI=1S/C19H21NO2S2/c21-18(19-6-12-3-13(7-19)5-14(4-12)8-19)22-9-16-11-24-17(20-16)15-1-2-23-10-15/h1-2,10-14H,3-9H2. The van der Waals surface area contributed by atoms with E-state index in [2.05, 4.69) is 21.8 Å². The van der Waals surface area contributed by atoms with Gasteiger partial charge in [-0.05, 0) is 67.7 Å². The van der Waals surface area contributed by atoms with Crippen LogP contribution in [0.3, 0.4) is 0 Å². The average Bonchev–Trinajstić information content (AvgIpc) is 3.22. The predicted octanol–water partition coefficient (Wildman–Crippen LogP) is 5.13. The van der Waals surface area contributed by atoms with Crippen molar-refractivity contribution in [1.82, 2.24) is 4.98 Å². The number of hydrogen-bond acceptors (Lipinski definition) is 5. The van der Waals surface area contributed by atoms with Crippen LogP contribution in [0.15, 0.2) is 22.2 Å². The van der Waals surface area contributed by atoms with Crippen LogP contribution in [0.4, 0.5) is 0 Å². The monoisotopic (exact) mass is 359 g/mol. The summed E-state index contributed by atoms with van der Waals surface area (Å²) in [5.41, 5.74) is 1.86. The van der Waals surface area contributed by atoms with E-state index in [1.165, 1.54) is 19.3 Å². The Morgan fingerprint density at radius 2 is 1.88 bits per heavy atom. The molecule has 4 aliphatic carbocycles. The summed E-state index contributed by atoms with van der Waals surface area (Å²) in [6.07, 6.45) is 7.24. The Morgan fingerprint density at radius 3 is 2.50 bits per heavy atom. The molecule has 0 atom stereocenters. The fourth-order valence-corrected chi connectivity index (χ4v) is 7.06. The van der Waals surface area contributed by atoms with Crippen molar-refractivity contribution in [3.05, 3.63) is 27.9 Å². The van der Waals surface area contributed by atoms with Crippen molar-refractivity contribution in [3.63, 3.8) is 0 Å². The lowest BCUT2D eigenvalue weighted by molar-refractivity contribution is -0.173. The summed E-state index contributed by atoms with van der Waals surface area (Å²) in [7, 11) is 0. The highest BCUT2D eigenvalue weighted by atomic mass is 32.1. The molecule has 2 aromatic rings. The Kier molecular flexibility index (Phi) is 3.56. The largest absolute Gasteiger partial charge is 0.459 e. The number of nitrogens with zero attached hydrogens (tertiary/aromatic N) is 1. The van der Waals surface area contributed by atoms with Gasteiger partial charge < -0.3 is 4.74 Å². The lowest BCUT2D eigenvalue weighted by Crippen LogP contribution is -2.50. The molecule has 0 radical (unpaired) electrons. The molecule has 4 fully saturated rings. The zero-order chi connectivity index (χ0) is 16.1. The molecule has 4 bridgehead atoms. The molecule has 0 aliphatic heterocycles. The summed E-state index contributed by atoms with van der Waals surface area (Å²) < 4.78 is 5.75. The number of ether oxygens (including phenoxy) is 1. The van der Waals surface area contributed by atoms with E-state index in [4.69, 9.17) is 4.74 Å². The number of esters is 1. The van der Waals surface area contributed by atoms with Crippen LogP contribution in [0.2, 0.25) is 0 Å². The third kappa shape index (κ3) is 2.53. The molecule has 3 nitrogen and oxygen atoms in total. The van der Waals surface area contributed by atoms with Gasteiger partial charge in [0.1, 0.15) is 11.6 Å². The van der Waals surface area contributed by atoms with Crippen molar-refractivity contribution in [2.45, 2.75) is 45.1 Å². The Bertz CT molecular complexity index is 714. The van der Waals surface area contributed by atoms with Gasteiger partial charge in [-0.3, -0.25) is 4.79 Å². The summed E-state index contributed by atoms with van der Waals surface area (Å²) in [6.45, 7) is 0.321. The first-order valence-electron chi connectivity index (χ1n) is 8.84. The van der Waals surface area contributed by atoms with E-state index in [9.17, 15) is 4.79 Å². The van der Waals surface area contributed by atoms with Crippen molar-refractivity contribution < 1.29 is 9.53 Å². The molecule has 126 valence electrons. The zero-order valence-corrected chi connectivity index (χ0v) is 15.2. The number of carbonyl (C=O) groups is 1. The van der Waals surface area contributed by atoms with Crippen molar-refractivity contribution >= 4 is 28.6 Å². The smallest absolute Gasteiger partial charge is 0.312 e. The zero-order valence-electron chi connectivity index (χ0n) is 13.6. The molecule has 0 spiro atoms. The van der Waals surface area contributed by atoms with Crippen LogP contribution in [0.5, 0.6) is 0 Å². The van der Waals surface area contributed by atoms with Gasteiger partial charge in [-0.25, -0.2) is 4.98 Å². The van der Waals surface area contributed by atoms with E-state index >= 15 is 0 Å². The molecule has 5 heteroatoms. The molecule has 2 aromatic heterocycles. The minimum Gasteiger partial charge on any atom is -0.459 e. The first kappa shape index (κ1) is 15.1. The lowest BCUT2D eigenvalue weighted by atomic mass is 9.49. The van der Waals surface area contributed by atoms with E-state index in [1.54, 1.807) is 22.7 Å². The molecule has 0 unspecified atom stereocenters. The molecule has 4 saturated carbocycles. The van der Waals surface area contributed by atoms with Crippen LogP contribution in [0, 0.1) is 23.2 Å². The molecular formula is C19H21NO2S2. The van der Waals surface area contributed by atoms with Gasteiger partial charge in [-0.15, -0.1) is 11.3 Å². The SMILES string of the molecule is O=C(OCc1csc(-c2ccsc2)n1)C12CC3CC(CC(C3)C1)C2. The summed E-state index contributed by atoms with van der Waals surface area (Å²) in [4.78, 5) is 17.5. The van der Waals surface area contributed by atoms with E-state index in [1.807, 2.05) is 5.38 Å². The molecule has 0 N–H and O–H groups in total. The van der Waals surface area contributed by atoms with Gasteiger partial charge in [0.05, 0.1) is 11.1 Å². The minimum absolute atomic E-state index is 0.0479. The average molecular weight is 360 g/mol. The molecule has 24 heavy (non-hydrogen) atoms. The number of aromatic nitrogens is 1. The van der Waals surface area contributed by atoms with Gasteiger partial charge >= 0.3 is 5.97 Å². The Balaban J connectivity index is 1.26. The number of rotatable bonds is 4. The van der Waals surface area contributed by atoms with E-state index in [-0.39, 0.29) is 11.4 Å². The van der Waals surface area contributed by atoms with Gasteiger partial charge in [0.25, 0.3) is 0 Å². The highest BCUT2D eigenvalue weighted by Crippen LogP contribution is 2.60. The van der Waals surface area contributed by atoms with E-state index in [0.717, 1.165) is 53.3 Å². The van der Waals surface area contributed by atoms with E-state index in [0.29, 0.717) is 6.61 Å². The predicted molar refractivity (Wildman–Crippen MR) is 95.8 cm³/mol. The number of carbonyl (C=O) groups excluding carboxylic acids is 1. The topological polar surface area (TPSA) is 39.2 Å². The summed E-state index contributed by atoms with van der Waals surface area (Å²) in [5.74, 6) is 2.36. The van der Waals surface area contributed by atoms with Crippen molar-refractivity contribution in [2.75, 3.05) is 0 Å². The second-order valence-electron chi connectivity index (χ2n) is 7.93. The first-order chi connectivity index (χ1) is 11.7. The van der Waals surface area contributed by atoms with Crippen molar-refractivity contribution in [1.29, 1.82) is 0 Å². The Morgan fingerprint density at radius 1 is 1.17 bits per heavy atom. The fourth-order valence-electron chi connectivity index (χ4n) is 5.55. The number of thiophene rings is 1. The third-order valence-electron chi connectivity index (χ3n) is 6.14. The molecule has 0 aromatic carbocycles. The Hall–Kier alpha value is -1.20. The molecule has 0 saturated heterocycles.